The van der Waals surface area contributed by atoms with E-state index < -0.39 is 18.1 Å². The van der Waals surface area contributed by atoms with Gasteiger partial charge in [-0.05, 0) is 33.1 Å². The quantitative estimate of drug-likeness (QED) is 0.686. The predicted molar refractivity (Wildman–Crippen MR) is 57.8 cm³/mol. The molecule has 0 aliphatic heterocycles. The van der Waals surface area contributed by atoms with Gasteiger partial charge in [-0.1, -0.05) is 0 Å². The monoisotopic (exact) mass is 313 g/mol. The van der Waals surface area contributed by atoms with Gasteiger partial charge < -0.3 is 5.11 Å². The Hall–Kier alpha value is -0.750. The lowest BCUT2D eigenvalue weighted by Gasteiger charge is -2.09. The van der Waals surface area contributed by atoms with Crippen molar-refractivity contribution in [3.8, 4) is 0 Å². The maximum Gasteiger partial charge on any atom is 0.307 e. The van der Waals surface area contributed by atoms with Crippen LogP contribution in [0.3, 0.4) is 0 Å². The molecular weight excluding hydrogens is 307 g/mol. The highest BCUT2D eigenvalue weighted by Crippen LogP contribution is 2.27. The number of aromatic nitrogens is 1. The van der Waals surface area contributed by atoms with Crippen LogP contribution in [0.2, 0.25) is 0 Å². The molecular formula is C9H7BrClF2NO2. The van der Waals surface area contributed by atoms with Crippen LogP contribution in [0, 0.1) is 0 Å². The van der Waals surface area contributed by atoms with Gasteiger partial charge in [0.05, 0.1) is 6.42 Å². The first-order valence-electron chi connectivity index (χ1n) is 4.19. The zero-order valence-corrected chi connectivity index (χ0v) is 10.2. The molecule has 0 aliphatic carbocycles. The fourth-order valence-corrected chi connectivity index (χ4v) is 1.84. The highest BCUT2D eigenvalue weighted by molar-refractivity contribution is 9.10. The second-order valence-electron chi connectivity index (χ2n) is 2.99. The van der Waals surface area contributed by atoms with Crippen LogP contribution >= 0.6 is 27.5 Å². The molecule has 1 N–H and O–H groups in total. The number of carbonyl (C=O) groups is 1. The third kappa shape index (κ3) is 3.12. The third-order valence-electron chi connectivity index (χ3n) is 1.85. The molecule has 0 spiro atoms. The number of aliphatic carboxylic acids is 1. The Labute approximate surface area is 104 Å². The van der Waals surface area contributed by atoms with Gasteiger partial charge in [-0.15, -0.1) is 11.6 Å². The SMILES string of the molecule is O=C(O)Cc1cc(CCl)c(C(F)F)nc1Br. The normalized spacial score (nSPS) is 10.8. The minimum absolute atomic E-state index is 0.110. The van der Waals surface area contributed by atoms with Crippen molar-refractivity contribution in [3.63, 3.8) is 0 Å². The largest absolute Gasteiger partial charge is 0.481 e. The van der Waals surface area contributed by atoms with Gasteiger partial charge in [-0.2, -0.15) is 0 Å². The number of halogens is 4. The Bertz CT molecular complexity index is 415. The molecule has 0 aromatic carbocycles. The van der Waals surface area contributed by atoms with E-state index in [9.17, 15) is 13.6 Å². The molecule has 1 aromatic heterocycles. The van der Waals surface area contributed by atoms with Gasteiger partial charge in [0.15, 0.2) is 0 Å². The summed E-state index contributed by atoms with van der Waals surface area (Å²) in [5.41, 5.74) is 0.0553. The lowest BCUT2D eigenvalue weighted by molar-refractivity contribution is -0.136. The van der Waals surface area contributed by atoms with Crippen molar-refractivity contribution in [1.82, 2.24) is 4.98 Å². The third-order valence-corrected chi connectivity index (χ3v) is 2.83. The zero-order chi connectivity index (χ0) is 12.3. The number of pyridine rings is 1. The molecule has 16 heavy (non-hydrogen) atoms. The van der Waals surface area contributed by atoms with Gasteiger partial charge in [0, 0.05) is 5.88 Å². The molecule has 0 fully saturated rings. The van der Waals surface area contributed by atoms with Crippen LogP contribution in [0.25, 0.3) is 0 Å². The highest BCUT2D eigenvalue weighted by Gasteiger charge is 2.18. The minimum Gasteiger partial charge on any atom is -0.481 e. The van der Waals surface area contributed by atoms with Crippen LogP contribution in [0.15, 0.2) is 10.7 Å². The maximum atomic E-state index is 12.5. The average Bonchev–Trinajstić information content (AvgIpc) is 2.19. The van der Waals surface area contributed by atoms with E-state index in [2.05, 4.69) is 20.9 Å². The van der Waals surface area contributed by atoms with Crippen molar-refractivity contribution in [2.75, 3.05) is 0 Å². The van der Waals surface area contributed by atoms with Gasteiger partial charge in [0.1, 0.15) is 10.3 Å². The first kappa shape index (κ1) is 13.3. The molecule has 88 valence electrons. The van der Waals surface area contributed by atoms with Crippen molar-refractivity contribution in [3.05, 3.63) is 27.5 Å². The topological polar surface area (TPSA) is 50.2 Å². The van der Waals surface area contributed by atoms with Crippen LogP contribution in [0.1, 0.15) is 23.2 Å². The van der Waals surface area contributed by atoms with E-state index >= 15 is 0 Å². The van der Waals surface area contributed by atoms with Crippen LogP contribution in [0.4, 0.5) is 8.78 Å². The van der Waals surface area contributed by atoms with Crippen molar-refractivity contribution >= 4 is 33.5 Å². The maximum absolute atomic E-state index is 12.5. The second kappa shape index (κ2) is 5.54. The second-order valence-corrected chi connectivity index (χ2v) is 4.01. The van der Waals surface area contributed by atoms with Crippen LogP contribution in [-0.2, 0) is 17.1 Å². The minimum atomic E-state index is -2.73. The summed E-state index contributed by atoms with van der Waals surface area (Å²) in [6.07, 6.45) is -3.02. The molecule has 0 saturated heterocycles. The van der Waals surface area contributed by atoms with Crippen LogP contribution < -0.4 is 0 Å². The summed E-state index contributed by atoms with van der Waals surface area (Å²) in [5.74, 6) is -1.19. The van der Waals surface area contributed by atoms with E-state index in [4.69, 9.17) is 16.7 Å². The Morgan fingerprint density at radius 2 is 2.19 bits per heavy atom. The lowest BCUT2D eigenvalue weighted by atomic mass is 10.1. The molecule has 0 bridgehead atoms. The fourth-order valence-electron chi connectivity index (χ4n) is 1.18. The molecule has 1 aromatic rings. The van der Waals surface area contributed by atoms with Gasteiger partial charge in [0.25, 0.3) is 6.43 Å². The van der Waals surface area contributed by atoms with Crippen molar-refractivity contribution in [1.29, 1.82) is 0 Å². The number of alkyl halides is 3. The Morgan fingerprint density at radius 1 is 1.56 bits per heavy atom. The molecule has 0 atom stereocenters. The Balaban J connectivity index is 3.20. The molecule has 1 rings (SSSR count). The van der Waals surface area contributed by atoms with Crippen molar-refractivity contribution < 1.29 is 18.7 Å². The summed E-state index contributed by atoms with van der Waals surface area (Å²) in [6, 6.07) is 1.33. The van der Waals surface area contributed by atoms with Crippen LogP contribution in [0.5, 0.6) is 0 Å². The summed E-state index contributed by atoms with van der Waals surface area (Å²) in [7, 11) is 0. The number of carboxylic acids is 1. The number of rotatable bonds is 4. The number of nitrogens with zero attached hydrogens (tertiary/aromatic N) is 1. The van der Waals surface area contributed by atoms with Crippen molar-refractivity contribution in [2.24, 2.45) is 0 Å². The van der Waals surface area contributed by atoms with E-state index in [-0.39, 0.29) is 22.5 Å². The summed E-state index contributed by atoms with van der Waals surface area (Å²) in [4.78, 5) is 14.1. The standard InChI is InChI=1S/C9H7BrClF2NO2/c10-8-4(2-6(15)16)1-5(3-11)7(14-8)9(12)13/h1,9H,2-3H2,(H,15,16). The number of hydrogen-bond donors (Lipinski definition) is 1. The number of carboxylic acid groups (broad SMARTS) is 1. The highest BCUT2D eigenvalue weighted by atomic mass is 79.9. The van der Waals surface area contributed by atoms with E-state index in [0.29, 0.717) is 5.56 Å². The van der Waals surface area contributed by atoms with Gasteiger partial charge in [-0.25, -0.2) is 13.8 Å². The van der Waals surface area contributed by atoms with Gasteiger partial charge in [-0.3, -0.25) is 4.79 Å². The summed E-state index contributed by atoms with van der Waals surface area (Å²) in [6.45, 7) is 0. The number of hydrogen-bond acceptors (Lipinski definition) is 2. The summed E-state index contributed by atoms with van der Waals surface area (Å²) < 4.78 is 25.2. The Kier molecular flexibility index (Phi) is 4.61. The average molecular weight is 315 g/mol. The molecule has 7 heteroatoms. The van der Waals surface area contributed by atoms with E-state index in [1.165, 1.54) is 6.07 Å². The van der Waals surface area contributed by atoms with E-state index in [1.807, 2.05) is 0 Å². The molecule has 0 amide bonds. The molecule has 0 unspecified atom stereocenters. The summed E-state index contributed by atoms with van der Waals surface area (Å²) in [5, 5.41) is 8.60. The fraction of sp³-hybridized carbons (Fsp3) is 0.333. The first-order valence-corrected chi connectivity index (χ1v) is 5.52. The molecule has 1 heterocycles. The van der Waals surface area contributed by atoms with E-state index in [1.54, 1.807) is 0 Å². The summed E-state index contributed by atoms with van der Waals surface area (Å²) >= 11 is 8.46. The zero-order valence-electron chi connectivity index (χ0n) is 7.88. The molecule has 3 nitrogen and oxygen atoms in total. The Morgan fingerprint density at radius 3 is 2.62 bits per heavy atom. The first-order chi connectivity index (χ1) is 7.45. The smallest absolute Gasteiger partial charge is 0.307 e. The van der Waals surface area contributed by atoms with Gasteiger partial charge in [0.2, 0.25) is 0 Å². The molecule has 0 radical (unpaired) electrons. The molecule has 0 aliphatic rings. The predicted octanol–water partition coefficient (Wildman–Crippen LogP) is 3.15. The van der Waals surface area contributed by atoms with Gasteiger partial charge >= 0.3 is 5.97 Å². The van der Waals surface area contributed by atoms with E-state index in [0.717, 1.165) is 0 Å². The molecule has 0 saturated carbocycles. The lowest BCUT2D eigenvalue weighted by Crippen LogP contribution is -2.06. The van der Waals surface area contributed by atoms with Crippen LogP contribution in [-0.4, -0.2) is 16.1 Å². The van der Waals surface area contributed by atoms with Crippen molar-refractivity contribution in [2.45, 2.75) is 18.7 Å².